The molecule has 0 radical (unpaired) electrons. The van der Waals surface area contributed by atoms with E-state index in [0.717, 1.165) is 11.0 Å². The van der Waals surface area contributed by atoms with Crippen LogP contribution in [0.25, 0.3) is 11.0 Å². The number of carbonyl (C=O) groups is 1. The van der Waals surface area contributed by atoms with Crippen molar-refractivity contribution in [1.82, 2.24) is 9.97 Å². The molecule has 1 amide bonds. The van der Waals surface area contributed by atoms with E-state index in [4.69, 9.17) is 16.9 Å². The van der Waals surface area contributed by atoms with Gasteiger partial charge in [0.25, 0.3) is 0 Å². The van der Waals surface area contributed by atoms with Crippen molar-refractivity contribution >= 4 is 46.0 Å². The number of fused-ring (bicyclic) bond motifs is 1. The van der Waals surface area contributed by atoms with Crippen LogP contribution in [0.3, 0.4) is 0 Å². The zero-order valence-corrected chi connectivity index (χ0v) is 14.3. The van der Waals surface area contributed by atoms with E-state index in [0.29, 0.717) is 21.4 Å². The summed E-state index contributed by atoms with van der Waals surface area (Å²) in [6.07, 6.45) is 0. The van der Waals surface area contributed by atoms with Gasteiger partial charge in [-0.3, -0.25) is 4.79 Å². The SMILES string of the molecule is CC(Sc1nc2ccc(Cl)cc2[nH]1)C(=O)Nc1cccc(C#N)c1. The molecule has 0 aliphatic carbocycles. The molecule has 2 aromatic carbocycles. The fourth-order valence-electron chi connectivity index (χ4n) is 2.15. The second-order valence-corrected chi connectivity index (χ2v) is 6.91. The van der Waals surface area contributed by atoms with Crippen LogP contribution in [0.2, 0.25) is 5.02 Å². The monoisotopic (exact) mass is 356 g/mol. The lowest BCUT2D eigenvalue weighted by Crippen LogP contribution is -2.22. The first-order valence-electron chi connectivity index (χ1n) is 7.18. The second-order valence-electron chi connectivity index (χ2n) is 5.15. The van der Waals surface area contributed by atoms with Gasteiger partial charge < -0.3 is 10.3 Å². The van der Waals surface area contributed by atoms with Crippen LogP contribution in [-0.4, -0.2) is 21.1 Å². The fraction of sp³-hybridized carbons (Fsp3) is 0.118. The molecule has 0 aliphatic heterocycles. The Morgan fingerprint density at radius 2 is 2.21 bits per heavy atom. The van der Waals surface area contributed by atoms with Crippen LogP contribution >= 0.6 is 23.4 Å². The molecule has 1 atom stereocenters. The Hall–Kier alpha value is -2.49. The number of nitriles is 1. The van der Waals surface area contributed by atoms with Crippen molar-refractivity contribution in [3.8, 4) is 6.07 Å². The Morgan fingerprint density at radius 1 is 1.38 bits per heavy atom. The van der Waals surface area contributed by atoms with Gasteiger partial charge in [-0.1, -0.05) is 29.4 Å². The maximum absolute atomic E-state index is 12.3. The van der Waals surface area contributed by atoms with E-state index in [1.54, 1.807) is 43.3 Å². The van der Waals surface area contributed by atoms with Crippen molar-refractivity contribution in [3.63, 3.8) is 0 Å². The number of thioether (sulfide) groups is 1. The Kier molecular flexibility index (Phi) is 4.74. The van der Waals surface area contributed by atoms with Gasteiger partial charge in [0.2, 0.25) is 5.91 Å². The quantitative estimate of drug-likeness (QED) is 0.686. The number of aromatic amines is 1. The van der Waals surface area contributed by atoms with E-state index >= 15 is 0 Å². The predicted octanol–water partition coefficient (Wildman–Crippen LogP) is 4.21. The van der Waals surface area contributed by atoms with E-state index in [2.05, 4.69) is 15.3 Å². The largest absolute Gasteiger partial charge is 0.333 e. The summed E-state index contributed by atoms with van der Waals surface area (Å²) in [5.41, 5.74) is 2.74. The highest BCUT2D eigenvalue weighted by Crippen LogP contribution is 2.25. The number of halogens is 1. The van der Waals surface area contributed by atoms with Gasteiger partial charge in [0.1, 0.15) is 0 Å². The van der Waals surface area contributed by atoms with Gasteiger partial charge in [-0.05, 0) is 43.3 Å². The molecule has 3 rings (SSSR count). The molecule has 0 saturated carbocycles. The third-order valence-electron chi connectivity index (χ3n) is 3.34. The topological polar surface area (TPSA) is 81.6 Å². The van der Waals surface area contributed by atoms with E-state index in [1.807, 2.05) is 12.1 Å². The van der Waals surface area contributed by atoms with Crippen LogP contribution in [0.5, 0.6) is 0 Å². The number of aromatic nitrogens is 2. The summed E-state index contributed by atoms with van der Waals surface area (Å²) in [7, 11) is 0. The van der Waals surface area contributed by atoms with Crippen LogP contribution in [0, 0.1) is 11.3 Å². The van der Waals surface area contributed by atoms with E-state index in [1.165, 1.54) is 11.8 Å². The van der Waals surface area contributed by atoms with Crippen molar-refractivity contribution < 1.29 is 4.79 Å². The Morgan fingerprint density at radius 3 is 3.00 bits per heavy atom. The van der Waals surface area contributed by atoms with Crippen molar-refractivity contribution in [2.45, 2.75) is 17.3 Å². The first-order valence-corrected chi connectivity index (χ1v) is 8.44. The highest BCUT2D eigenvalue weighted by molar-refractivity contribution is 8.00. The fourth-order valence-corrected chi connectivity index (χ4v) is 3.14. The highest BCUT2D eigenvalue weighted by Gasteiger charge is 2.17. The number of carbonyl (C=O) groups excluding carboxylic acids is 1. The lowest BCUT2D eigenvalue weighted by Gasteiger charge is -2.10. The summed E-state index contributed by atoms with van der Waals surface area (Å²) in [6.45, 7) is 1.80. The third kappa shape index (κ3) is 3.70. The van der Waals surface area contributed by atoms with Crippen molar-refractivity contribution in [3.05, 3.63) is 53.1 Å². The number of amides is 1. The van der Waals surface area contributed by atoms with Crippen LogP contribution < -0.4 is 5.32 Å². The summed E-state index contributed by atoms with van der Waals surface area (Å²) < 4.78 is 0. The number of nitrogens with zero attached hydrogens (tertiary/aromatic N) is 2. The Balaban J connectivity index is 1.69. The second kappa shape index (κ2) is 6.95. The van der Waals surface area contributed by atoms with Gasteiger partial charge in [0, 0.05) is 10.7 Å². The van der Waals surface area contributed by atoms with E-state index < -0.39 is 0 Å². The van der Waals surface area contributed by atoms with Gasteiger partial charge in [0.15, 0.2) is 5.16 Å². The minimum absolute atomic E-state index is 0.159. The highest BCUT2D eigenvalue weighted by atomic mass is 35.5. The molecule has 120 valence electrons. The molecule has 24 heavy (non-hydrogen) atoms. The number of nitrogens with one attached hydrogen (secondary N) is 2. The molecule has 1 aromatic heterocycles. The number of benzene rings is 2. The van der Waals surface area contributed by atoms with Gasteiger partial charge in [0.05, 0.1) is 27.9 Å². The smallest absolute Gasteiger partial charge is 0.237 e. The molecular weight excluding hydrogens is 344 g/mol. The minimum atomic E-state index is -0.355. The van der Waals surface area contributed by atoms with Crippen molar-refractivity contribution in [2.24, 2.45) is 0 Å². The lowest BCUT2D eigenvalue weighted by atomic mass is 10.2. The standard InChI is InChI=1S/C17H13ClN4OS/c1-10(16(23)20-13-4-2-3-11(7-13)9-19)24-17-21-14-6-5-12(18)8-15(14)22-17/h2-8,10H,1H3,(H,20,23)(H,21,22). The molecule has 3 aromatic rings. The normalized spacial score (nSPS) is 11.9. The molecule has 1 unspecified atom stereocenters. The summed E-state index contributed by atoms with van der Waals surface area (Å²) in [5, 5.41) is 12.6. The molecule has 0 spiro atoms. The van der Waals surface area contributed by atoms with E-state index in [9.17, 15) is 4.79 Å². The maximum Gasteiger partial charge on any atom is 0.237 e. The molecule has 0 aliphatic rings. The zero-order valence-electron chi connectivity index (χ0n) is 12.7. The number of H-pyrrole nitrogens is 1. The molecule has 5 nitrogen and oxygen atoms in total. The lowest BCUT2D eigenvalue weighted by molar-refractivity contribution is -0.115. The number of imidazole rings is 1. The first-order chi connectivity index (χ1) is 11.5. The summed E-state index contributed by atoms with van der Waals surface area (Å²) in [6, 6.07) is 14.3. The molecule has 2 N–H and O–H groups in total. The van der Waals surface area contributed by atoms with Crippen LogP contribution in [0.15, 0.2) is 47.6 Å². The number of hydrogen-bond acceptors (Lipinski definition) is 4. The van der Waals surface area contributed by atoms with Crippen LogP contribution in [-0.2, 0) is 4.79 Å². The summed E-state index contributed by atoms with van der Waals surface area (Å²) >= 11 is 7.28. The average Bonchev–Trinajstić information content (AvgIpc) is 2.96. The summed E-state index contributed by atoms with van der Waals surface area (Å²) in [4.78, 5) is 19.9. The number of hydrogen-bond donors (Lipinski definition) is 2. The molecule has 1 heterocycles. The average molecular weight is 357 g/mol. The van der Waals surface area contributed by atoms with Crippen LogP contribution in [0.1, 0.15) is 12.5 Å². The Labute approximate surface area is 148 Å². The van der Waals surface area contributed by atoms with Crippen molar-refractivity contribution in [1.29, 1.82) is 5.26 Å². The van der Waals surface area contributed by atoms with Gasteiger partial charge >= 0.3 is 0 Å². The third-order valence-corrected chi connectivity index (χ3v) is 4.56. The predicted molar refractivity (Wildman–Crippen MR) is 96.2 cm³/mol. The number of rotatable bonds is 4. The zero-order chi connectivity index (χ0) is 17.1. The molecule has 0 fully saturated rings. The minimum Gasteiger partial charge on any atom is -0.333 e. The molecule has 0 saturated heterocycles. The molecule has 7 heteroatoms. The maximum atomic E-state index is 12.3. The van der Waals surface area contributed by atoms with Crippen molar-refractivity contribution in [2.75, 3.05) is 5.32 Å². The van der Waals surface area contributed by atoms with E-state index in [-0.39, 0.29) is 11.2 Å². The molecular formula is C17H13ClN4OS. The number of anilines is 1. The molecule has 0 bridgehead atoms. The van der Waals surface area contributed by atoms with Gasteiger partial charge in [-0.15, -0.1) is 0 Å². The summed E-state index contributed by atoms with van der Waals surface area (Å²) in [5.74, 6) is -0.159. The first kappa shape index (κ1) is 16.4. The van der Waals surface area contributed by atoms with Crippen LogP contribution in [0.4, 0.5) is 5.69 Å². The van der Waals surface area contributed by atoms with Gasteiger partial charge in [-0.25, -0.2) is 4.98 Å². The Bertz CT molecular complexity index is 947. The van der Waals surface area contributed by atoms with Gasteiger partial charge in [-0.2, -0.15) is 5.26 Å².